The standard InChI is InChI=1S/C43H25N5/c1-3-13-26(14-4-1)40-44-41(27-15-5-2-6-16-27)46-43(45-40)48-36-25-29-18-8-7-17-28(29)23-33(36)38-34-24-30-19-9-10-20-31(30)37-32-21-11-12-22-35(32)47(39(34)37)42(38)48/h1-25H. The molecule has 4 aromatic heterocycles. The summed E-state index contributed by atoms with van der Waals surface area (Å²) in [5.74, 6) is 1.87. The molecule has 0 saturated heterocycles. The summed E-state index contributed by atoms with van der Waals surface area (Å²) in [5, 5.41) is 11.0. The van der Waals surface area contributed by atoms with Crippen molar-refractivity contribution in [3.8, 4) is 28.7 Å². The molecule has 0 aliphatic heterocycles. The SMILES string of the molecule is c1ccc(-c2nc(-c3ccccc3)nc(-n3c4cc5ccccc5cc4c4c5cc6ccccc6c6c7ccccc7n(c56)c43)n2)cc1. The second-order valence-corrected chi connectivity index (χ2v) is 12.5. The minimum absolute atomic E-state index is 0.590. The van der Waals surface area contributed by atoms with Crippen LogP contribution in [0.25, 0.3) is 99.4 Å². The van der Waals surface area contributed by atoms with E-state index < -0.39 is 0 Å². The number of hydrogen-bond donors (Lipinski definition) is 0. The predicted molar refractivity (Wildman–Crippen MR) is 197 cm³/mol. The first-order chi connectivity index (χ1) is 23.8. The van der Waals surface area contributed by atoms with Gasteiger partial charge in [0.05, 0.1) is 16.6 Å². The van der Waals surface area contributed by atoms with E-state index in [2.05, 4.69) is 124 Å². The minimum Gasteiger partial charge on any atom is -0.294 e. The van der Waals surface area contributed by atoms with Crippen LogP contribution in [0, 0.1) is 0 Å². The Labute approximate surface area is 274 Å². The molecule has 222 valence electrons. The van der Waals surface area contributed by atoms with Gasteiger partial charge in [-0.1, -0.05) is 127 Å². The van der Waals surface area contributed by atoms with E-state index in [1.54, 1.807) is 0 Å². The average molecular weight is 612 g/mol. The van der Waals surface area contributed by atoms with Crippen molar-refractivity contribution < 1.29 is 0 Å². The highest BCUT2D eigenvalue weighted by atomic mass is 15.2. The van der Waals surface area contributed by atoms with E-state index in [1.165, 1.54) is 54.0 Å². The van der Waals surface area contributed by atoms with Crippen molar-refractivity contribution in [1.82, 2.24) is 23.9 Å². The summed E-state index contributed by atoms with van der Waals surface area (Å²) in [6.07, 6.45) is 0. The highest BCUT2D eigenvalue weighted by Gasteiger charge is 2.27. The largest absolute Gasteiger partial charge is 0.294 e. The topological polar surface area (TPSA) is 48.0 Å². The lowest BCUT2D eigenvalue weighted by Crippen LogP contribution is -2.07. The Morgan fingerprint density at radius 3 is 1.67 bits per heavy atom. The maximum atomic E-state index is 5.25. The zero-order valence-electron chi connectivity index (χ0n) is 25.7. The van der Waals surface area contributed by atoms with Gasteiger partial charge in [-0.15, -0.1) is 0 Å². The van der Waals surface area contributed by atoms with E-state index in [1.807, 2.05) is 36.4 Å². The molecule has 0 N–H and O–H groups in total. The van der Waals surface area contributed by atoms with Gasteiger partial charge in [0.15, 0.2) is 11.6 Å². The summed E-state index contributed by atoms with van der Waals surface area (Å²) >= 11 is 0. The molecular weight excluding hydrogens is 587 g/mol. The third-order valence-electron chi connectivity index (χ3n) is 9.84. The van der Waals surface area contributed by atoms with Crippen LogP contribution in [0.3, 0.4) is 0 Å². The lowest BCUT2D eigenvalue weighted by molar-refractivity contribution is 0.942. The maximum Gasteiger partial charge on any atom is 0.239 e. The molecule has 4 heterocycles. The molecule has 5 nitrogen and oxygen atoms in total. The zero-order valence-corrected chi connectivity index (χ0v) is 25.7. The lowest BCUT2D eigenvalue weighted by atomic mass is 9.99. The highest BCUT2D eigenvalue weighted by Crippen LogP contribution is 2.47. The molecule has 0 spiro atoms. The van der Waals surface area contributed by atoms with Gasteiger partial charge in [-0.25, -0.2) is 4.98 Å². The molecule has 0 aliphatic carbocycles. The molecule has 7 aromatic carbocycles. The molecule has 48 heavy (non-hydrogen) atoms. The number of rotatable bonds is 3. The first-order valence-electron chi connectivity index (χ1n) is 16.2. The van der Waals surface area contributed by atoms with Crippen molar-refractivity contribution in [1.29, 1.82) is 0 Å². The number of nitrogens with zero attached hydrogens (tertiary/aromatic N) is 5. The maximum absolute atomic E-state index is 5.25. The average Bonchev–Trinajstić information content (AvgIpc) is 3.78. The zero-order chi connectivity index (χ0) is 31.3. The van der Waals surface area contributed by atoms with E-state index in [0.717, 1.165) is 27.8 Å². The fourth-order valence-electron chi connectivity index (χ4n) is 7.79. The molecule has 0 unspecified atom stereocenters. The predicted octanol–water partition coefficient (Wildman–Crippen LogP) is 10.6. The fraction of sp³-hybridized carbons (Fsp3) is 0. The number of benzene rings is 7. The van der Waals surface area contributed by atoms with Gasteiger partial charge in [0, 0.05) is 38.1 Å². The molecule has 5 heteroatoms. The molecular formula is C43H25N5. The van der Waals surface area contributed by atoms with Gasteiger partial charge < -0.3 is 0 Å². The Morgan fingerprint density at radius 2 is 0.958 bits per heavy atom. The van der Waals surface area contributed by atoms with Gasteiger partial charge in [0.2, 0.25) is 5.95 Å². The van der Waals surface area contributed by atoms with E-state index in [9.17, 15) is 0 Å². The van der Waals surface area contributed by atoms with Crippen LogP contribution < -0.4 is 0 Å². The number of hydrogen-bond acceptors (Lipinski definition) is 3. The van der Waals surface area contributed by atoms with Gasteiger partial charge in [0.1, 0.15) is 5.65 Å². The summed E-state index contributed by atoms with van der Waals surface area (Å²) in [4.78, 5) is 15.5. The lowest BCUT2D eigenvalue weighted by Gasteiger charge is -2.11. The molecule has 0 fully saturated rings. The molecule has 0 amide bonds. The molecule has 0 bridgehead atoms. The Hall–Kier alpha value is -6.59. The third-order valence-corrected chi connectivity index (χ3v) is 9.84. The minimum atomic E-state index is 0.590. The van der Waals surface area contributed by atoms with Crippen molar-refractivity contribution in [2.45, 2.75) is 0 Å². The summed E-state index contributed by atoms with van der Waals surface area (Å²) in [7, 11) is 0. The molecule has 0 saturated carbocycles. The van der Waals surface area contributed by atoms with E-state index in [0.29, 0.717) is 17.6 Å². The first-order valence-corrected chi connectivity index (χ1v) is 16.2. The van der Waals surface area contributed by atoms with Crippen LogP contribution in [-0.2, 0) is 0 Å². The van der Waals surface area contributed by atoms with Crippen molar-refractivity contribution in [3.05, 3.63) is 152 Å². The second kappa shape index (κ2) is 9.47. The Bertz CT molecular complexity index is 2990. The smallest absolute Gasteiger partial charge is 0.239 e. The van der Waals surface area contributed by atoms with Crippen LogP contribution in [0.5, 0.6) is 0 Å². The first kappa shape index (κ1) is 25.6. The summed E-state index contributed by atoms with van der Waals surface area (Å²) < 4.78 is 4.72. The highest BCUT2D eigenvalue weighted by molar-refractivity contribution is 6.35. The van der Waals surface area contributed by atoms with Crippen LogP contribution in [0.2, 0.25) is 0 Å². The Kier molecular flexibility index (Phi) is 5.05. The van der Waals surface area contributed by atoms with Gasteiger partial charge in [-0.05, 0) is 45.8 Å². The van der Waals surface area contributed by atoms with E-state index >= 15 is 0 Å². The molecule has 0 radical (unpaired) electrons. The van der Waals surface area contributed by atoms with Gasteiger partial charge in [-0.3, -0.25) is 8.97 Å². The molecule has 0 aliphatic rings. The summed E-state index contributed by atoms with van der Waals surface area (Å²) in [5.41, 5.74) is 6.40. The van der Waals surface area contributed by atoms with Crippen molar-refractivity contribution in [3.63, 3.8) is 0 Å². The van der Waals surface area contributed by atoms with Crippen molar-refractivity contribution in [2.75, 3.05) is 0 Å². The Morgan fingerprint density at radius 1 is 0.396 bits per heavy atom. The summed E-state index contributed by atoms with van der Waals surface area (Å²) in [6, 6.07) is 53.5. The van der Waals surface area contributed by atoms with E-state index in [4.69, 9.17) is 15.0 Å². The van der Waals surface area contributed by atoms with Crippen LogP contribution in [0.15, 0.2) is 152 Å². The number of fused-ring (bicyclic) bond motifs is 11. The van der Waals surface area contributed by atoms with Crippen molar-refractivity contribution in [2.24, 2.45) is 0 Å². The molecule has 0 atom stereocenters. The molecule has 11 rings (SSSR count). The number of para-hydroxylation sites is 1. The molecule has 11 aromatic rings. The van der Waals surface area contributed by atoms with Crippen LogP contribution in [0.4, 0.5) is 0 Å². The summed E-state index contributed by atoms with van der Waals surface area (Å²) in [6.45, 7) is 0. The van der Waals surface area contributed by atoms with Crippen LogP contribution >= 0.6 is 0 Å². The van der Waals surface area contributed by atoms with Crippen LogP contribution in [0.1, 0.15) is 0 Å². The third kappa shape index (κ3) is 3.42. The van der Waals surface area contributed by atoms with Crippen molar-refractivity contribution >= 4 is 70.7 Å². The Balaban J connectivity index is 1.39. The van der Waals surface area contributed by atoms with Gasteiger partial charge in [-0.2, -0.15) is 9.97 Å². The van der Waals surface area contributed by atoms with Gasteiger partial charge >= 0.3 is 0 Å². The number of aromatic nitrogens is 5. The monoisotopic (exact) mass is 611 g/mol. The second-order valence-electron chi connectivity index (χ2n) is 12.5. The van der Waals surface area contributed by atoms with Gasteiger partial charge in [0.25, 0.3) is 0 Å². The quantitative estimate of drug-likeness (QED) is 0.200. The normalized spacial score (nSPS) is 12.2. The fourth-order valence-corrected chi connectivity index (χ4v) is 7.79. The van der Waals surface area contributed by atoms with E-state index in [-0.39, 0.29) is 0 Å². The van der Waals surface area contributed by atoms with Crippen LogP contribution in [-0.4, -0.2) is 23.9 Å².